The Kier molecular flexibility index (Phi) is 1.61. The molecule has 0 aromatic heterocycles. The molecule has 0 aliphatic carbocycles. The minimum Gasteiger partial charge on any atom is -0.451 e. The van der Waals surface area contributed by atoms with Gasteiger partial charge in [0.05, 0.1) is 0 Å². The van der Waals surface area contributed by atoms with E-state index in [2.05, 4.69) is 10.1 Å². The third kappa shape index (κ3) is 1.10. The van der Waals surface area contributed by atoms with Crippen LogP contribution >= 0.6 is 0 Å². The Balaban J connectivity index is 2.63. The molecule has 1 N–H and O–H groups in total. The number of morpholine rings is 1. The monoisotopic (exact) mass is 143 g/mol. The van der Waals surface area contributed by atoms with Crippen molar-refractivity contribution in [1.29, 1.82) is 0 Å². The number of hydrogen-bond acceptors (Lipinski definition) is 3. The van der Waals surface area contributed by atoms with E-state index < -0.39 is 12.1 Å². The zero-order valence-electron chi connectivity index (χ0n) is 5.88. The summed E-state index contributed by atoms with van der Waals surface area (Å²) in [5.41, 5.74) is 0. The van der Waals surface area contributed by atoms with Crippen LogP contribution in [-0.2, 0) is 14.3 Å². The number of ether oxygens (including phenoxy) is 1. The van der Waals surface area contributed by atoms with Gasteiger partial charge in [0.25, 0.3) is 5.91 Å². The van der Waals surface area contributed by atoms with Gasteiger partial charge >= 0.3 is 5.97 Å². The number of carbonyl (C=O) groups excluding carboxylic acids is 2. The van der Waals surface area contributed by atoms with Crippen LogP contribution in [0.1, 0.15) is 13.8 Å². The van der Waals surface area contributed by atoms with Crippen LogP contribution in [0, 0.1) is 0 Å². The first-order valence-corrected chi connectivity index (χ1v) is 3.12. The normalized spacial score (nSPS) is 33.0. The zero-order chi connectivity index (χ0) is 7.72. The summed E-state index contributed by atoms with van der Waals surface area (Å²) in [6.07, 6.45) is -0.635. The molecule has 1 aliphatic heterocycles. The first-order chi connectivity index (χ1) is 4.61. The first kappa shape index (κ1) is 7.05. The number of hydrogen-bond donors (Lipinski definition) is 1. The lowest BCUT2D eigenvalue weighted by Crippen LogP contribution is -2.51. The number of esters is 1. The summed E-state index contributed by atoms with van der Waals surface area (Å²) >= 11 is 0. The van der Waals surface area contributed by atoms with Crippen LogP contribution in [0.5, 0.6) is 0 Å². The summed E-state index contributed by atoms with van der Waals surface area (Å²) < 4.78 is 4.66. The van der Waals surface area contributed by atoms with E-state index in [4.69, 9.17) is 0 Å². The molecular formula is C6H9NO3. The van der Waals surface area contributed by atoms with Crippen molar-refractivity contribution in [2.75, 3.05) is 0 Å². The van der Waals surface area contributed by atoms with Crippen molar-refractivity contribution in [3.63, 3.8) is 0 Å². The van der Waals surface area contributed by atoms with E-state index in [-0.39, 0.29) is 11.9 Å². The average molecular weight is 143 g/mol. The van der Waals surface area contributed by atoms with E-state index in [1.54, 1.807) is 13.8 Å². The van der Waals surface area contributed by atoms with Gasteiger partial charge in [-0.05, 0) is 13.8 Å². The second-order valence-electron chi connectivity index (χ2n) is 2.31. The Hall–Kier alpha value is -1.06. The molecule has 0 aromatic carbocycles. The average Bonchev–Trinajstić information content (AvgIpc) is 1.84. The van der Waals surface area contributed by atoms with E-state index in [1.807, 2.05) is 0 Å². The molecule has 1 heterocycles. The van der Waals surface area contributed by atoms with Crippen LogP contribution in [0.2, 0.25) is 0 Å². The summed E-state index contributed by atoms with van der Waals surface area (Å²) in [4.78, 5) is 21.5. The molecule has 1 amide bonds. The lowest BCUT2D eigenvalue weighted by Gasteiger charge is -2.23. The van der Waals surface area contributed by atoms with Gasteiger partial charge in [-0.15, -0.1) is 0 Å². The topological polar surface area (TPSA) is 55.4 Å². The Bertz CT molecular complexity index is 158. The van der Waals surface area contributed by atoms with Gasteiger partial charge in [-0.1, -0.05) is 0 Å². The lowest BCUT2D eigenvalue weighted by molar-refractivity contribution is -0.163. The maximum absolute atomic E-state index is 10.8. The second kappa shape index (κ2) is 2.28. The number of nitrogens with one attached hydrogen (secondary N) is 1. The Morgan fingerprint density at radius 3 is 2.50 bits per heavy atom. The van der Waals surface area contributed by atoms with Gasteiger partial charge in [0.15, 0.2) is 6.10 Å². The van der Waals surface area contributed by atoms with Crippen molar-refractivity contribution in [2.45, 2.75) is 26.0 Å². The number of carbonyl (C=O) groups is 2. The molecule has 1 aliphatic rings. The molecule has 0 unspecified atom stereocenters. The third-order valence-corrected chi connectivity index (χ3v) is 1.37. The third-order valence-electron chi connectivity index (χ3n) is 1.37. The highest BCUT2D eigenvalue weighted by molar-refractivity contribution is 5.91. The fourth-order valence-electron chi connectivity index (χ4n) is 0.719. The summed E-state index contributed by atoms with van der Waals surface area (Å²) in [6, 6.07) is -0.497. The molecule has 56 valence electrons. The van der Waals surface area contributed by atoms with E-state index in [0.29, 0.717) is 0 Å². The zero-order valence-corrected chi connectivity index (χ0v) is 5.88. The van der Waals surface area contributed by atoms with Crippen LogP contribution in [0.15, 0.2) is 0 Å². The smallest absolute Gasteiger partial charge is 0.329 e. The lowest BCUT2D eigenvalue weighted by atomic mass is 10.2. The van der Waals surface area contributed by atoms with Gasteiger partial charge in [0.2, 0.25) is 0 Å². The van der Waals surface area contributed by atoms with E-state index in [0.717, 1.165) is 0 Å². The van der Waals surface area contributed by atoms with Crippen molar-refractivity contribution in [1.82, 2.24) is 5.32 Å². The van der Waals surface area contributed by atoms with Crippen LogP contribution in [-0.4, -0.2) is 24.0 Å². The first-order valence-electron chi connectivity index (χ1n) is 3.12. The molecule has 0 saturated carbocycles. The molecule has 10 heavy (non-hydrogen) atoms. The van der Waals surface area contributed by atoms with Crippen molar-refractivity contribution in [3.05, 3.63) is 0 Å². The van der Waals surface area contributed by atoms with Gasteiger partial charge in [0.1, 0.15) is 6.04 Å². The van der Waals surface area contributed by atoms with Crippen molar-refractivity contribution >= 4 is 11.9 Å². The second-order valence-corrected chi connectivity index (χ2v) is 2.31. The van der Waals surface area contributed by atoms with Crippen molar-refractivity contribution in [2.24, 2.45) is 0 Å². The molecule has 1 saturated heterocycles. The van der Waals surface area contributed by atoms with E-state index in [1.165, 1.54) is 0 Å². The SMILES string of the molecule is C[C@@H]1OC(=O)[C@@H](C)NC1=O. The molecule has 0 radical (unpaired) electrons. The molecule has 2 atom stereocenters. The molecule has 0 bridgehead atoms. The summed E-state index contributed by atoms with van der Waals surface area (Å²) in [6.45, 7) is 3.13. The largest absolute Gasteiger partial charge is 0.451 e. The molecule has 4 heteroatoms. The molecule has 4 nitrogen and oxygen atoms in total. The van der Waals surface area contributed by atoms with Crippen LogP contribution in [0.4, 0.5) is 0 Å². The Morgan fingerprint density at radius 1 is 1.40 bits per heavy atom. The van der Waals surface area contributed by atoms with Crippen LogP contribution in [0.25, 0.3) is 0 Å². The van der Waals surface area contributed by atoms with Gasteiger partial charge in [-0.3, -0.25) is 4.79 Å². The number of amides is 1. The minimum atomic E-state index is -0.635. The predicted molar refractivity (Wildman–Crippen MR) is 33.2 cm³/mol. The number of rotatable bonds is 0. The highest BCUT2D eigenvalue weighted by atomic mass is 16.6. The predicted octanol–water partition coefficient (Wildman–Crippen LogP) is -0.564. The van der Waals surface area contributed by atoms with Gasteiger partial charge in [-0.2, -0.15) is 0 Å². The van der Waals surface area contributed by atoms with Crippen LogP contribution < -0.4 is 5.32 Å². The van der Waals surface area contributed by atoms with Crippen LogP contribution in [0.3, 0.4) is 0 Å². The fourth-order valence-corrected chi connectivity index (χ4v) is 0.719. The summed E-state index contributed by atoms with van der Waals surface area (Å²) in [7, 11) is 0. The summed E-state index contributed by atoms with van der Waals surface area (Å²) in [5, 5.41) is 2.47. The van der Waals surface area contributed by atoms with Gasteiger partial charge in [0, 0.05) is 0 Å². The van der Waals surface area contributed by atoms with Gasteiger partial charge < -0.3 is 10.1 Å². The molecular weight excluding hydrogens is 134 g/mol. The molecule has 1 rings (SSSR count). The quantitative estimate of drug-likeness (QED) is 0.462. The van der Waals surface area contributed by atoms with Gasteiger partial charge in [-0.25, -0.2) is 4.79 Å². The Labute approximate surface area is 58.5 Å². The highest BCUT2D eigenvalue weighted by Crippen LogP contribution is 2.02. The fraction of sp³-hybridized carbons (Fsp3) is 0.667. The van der Waals surface area contributed by atoms with E-state index >= 15 is 0 Å². The molecule has 0 spiro atoms. The highest BCUT2D eigenvalue weighted by Gasteiger charge is 2.29. The maximum Gasteiger partial charge on any atom is 0.329 e. The van der Waals surface area contributed by atoms with E-state index in [9.17, 15) is 9.59 Å². The summed E-state index contributed by atoms with van der Waals surface area (Å²) in [5.74, 6) is -0.598. The maximum atomic E-state index is 10.8. The van der Waals surface area contributed by atoms with Crippen molar-refractivity contribution in [3.8, 4) is 0 Å². The molecule has 0 aromatic rings. The Morgan fingerprint density at radius 2 is 2.00 bits per heavy atom. The van der Waals surface area contributed by atoms with Crippen molar-refractivity contribution < 1.29 is 14.3 Å². The standard InChI is InChI=1S/C6H9NO3/c1-3-6(9)10-4(2)5(8)7-3/h3-4H,1-2H3,(H,7,8)/t3-,4+/m1/s1. The minimum absolute atomic E-state index is 0.230. The molecule has 1 fully saturated rings. The number of cyclic esters (lactones) is 1.